The molecule has 2 aliphatic rings. The predicted octanol–water partition coefficient (Wildman–Crippen LogP) is 2.83. The molecule has 0 aromatic carbocycles. The van der Waals surface area contributed by atoms with Crippen LogP contribution in [0.1, 0.15) is 49.9 Å². The molecule has 1 aromatic heterocycles. The van der Waals surface area contributed by atoms with Gasteiger partial charge in [0.1, 0.15) is 17.5 Å². The number of nitrogens with two attached hydrogens (primary N) is 1. The normalized spacial score (nSPS) is 24.3. The van der Waals surface area contributed by atoms with Gasteiger partial charge in [0.25, 0.3) is 0 Å². The fraction of sp³-hybridized carbons (Fsp3) is 0.733. The summed E-state index contributed by atoms with van der Waals surface area (Å²) in [6.07, 6.45) is 8.17. The summed E-state index contributed by atoms with van der Waals surface area (Å²) in [5, 5.41) is 0. The minimum Gasteiger partial charge on any atom is -0.383 e. The third-order valence-electron chi connectivity index (χ3n) is 4.78. The zero-order valence-corrected chi connectivity index (χ0v) is 12.0. The molecule has 1 saturated heterocycles. The van der Waals surface area contributed by atoms with Gasteiger partial charge in [0.15, 0.2) is 0 Å². The molecule has 4 heteroatoms. The third kappa shape index (κ3) is 2.28. The van der Waals surface area contributed by atoms with Crippen LogP contribution in [0.5, 0.6) is 0 Å². The first kappa shape index (κ1) is 12.7. The van der Waals surface area contributed by atoms with Crippen LogP contribution in [0.3, 0.4) is 0 Å². The number of anilines is 2. The highest BCUT2D eigenvalue weighted by Gasteiger charge is 2.34. The van der Waals surface area contributed by atoms with Gasteiger partial charge in [-0.15, -0.1) is 0 Å². The van der Waals surface area contributed by atoms with Crippen LogP contribution in [0.25, 0.3) is 0 Å². The molecule has 104 valence electrons. The van der Waals surface area contributed by atoms with Crippen molar-refractivity contribution in [3.63, 3.8) is 0 Å². The van der Waals surface area contributed by atoms with Gasteiger partial charge in [-0.2, -0.15) is 0 Å². The number of aromatic nitrogens is 2. The van der Waals surface area contributed by atoms with Gasteiger partial charge in [-0.3, -0.25) is 0 Å². The summed E-state index contributed by atoms with van der Waals surface area (Å²) in [5.41, 5.74) is 7.06. The first-order chi connectivity index (χ1) is 9.16. The van der Waals surface area contributed by atoms with Crippen molar-refractivity contribution >= 4 is 11.6 Å². The second-order valence-corrected chi connectivity index (χ2v) is 6.05. The number of rotatable bonds is 2. The van der Waals surface area contributed by atoms with Crippen LogP contribution in [-0.4, -0.2) is 22.6 Å². The molecule has 19 heavy (non-hydrogen) atoms. The Hall–Kier alpha value is -1.32. The smallest absolute Gasteiger partial charge is 0.137 e. The van der Waals surface area contributed by atoms with Crippen molar-refractivity contribution in [2.24, 2.45) is 5.92 Å². The molecule has 1 atom stereocenters. The molecule has 0 spiro atoms. The molecule has 1 unspecified atom stereocenters. The van der Waals surface area contributed by atoms with Crippen molar-refractivity contribution in [2.75, 3.05) is 17.2 Å². The Labute approximate surface area is 115 Å². The second kappa shape index (κ2) is 4.99. The standard InChI is InChI=1S/C15H24N4/c1-10-14(16)17-11(2)18-15(10)19-9-5-8-13(19)12-6-3-4-7-12/h12-13H,3-9H2,1-2H3,(H2,16,17,18). The summed E-state index contributed by atoms with van der Waals surface area (Å²) >= 11 is 0. The van der Waals surface area contributed by atoms with E-state index >= 15 is 0 Å². The van der Waals surface area contributed by atoms with Gasteiger partial charge in [-0.25, -0.2) is 9.97 Å². The average molecular weight is 260 g/mol. The van der Waals surface area contributed by atoms with Crippen molar-refractivity contribution in [3.8, 4) is 0 Å². The van der Waals surface area contributed by atoms with E-state index in [1.807, 2.05) is 13.8 Å². The summed E-state index contributed by atoms with van der Waals surface area (Å²) in [5.74, 6) is 3.37. The monoisotopic (exact) mass is 260 g/mol. The largest absolute Gasteiger partial charge is 0.383 e. The first-order valence-electron chi connectivity index (χ1n) is 7.54. The molecule has 0 amide bonds. The molecular weight excluding hydrogens is 236 g/mol. The van der Waals surface area contributed by atoms with E-state index in [0.717, 1.165) is 29.7 Å². The Morgan fingerprint density at radius 1 is 1.05 bits per heavy atom. The predicted molar refractivity (Wildman–Crippen MR) is 78.2 cm³/mol. The maximum Gasteiger partial charge on any atom is 0.137 e. The van der Waals surface area contributed by atoms with Crippen LogP contribution in [-0.2, 0) is 0 Å². The van der Waals surface area contributed by atoms with E-state index in [4.69, 9.17) is 5.73 Å². The minimum atomic E-state index is 0.638. The lowest BCUT2D eigenvalue weighted by Crippen LogP contribution is -2.36. The van der Waals surface area contributed by atoms with E-state index < -0.39 is 0 Å². The van der Waals surface area contributed by atoms with Crippen LogP contribution in [0.4, 0.5) is 11.6 Å². The molecule has 4 nitrogen and oxygen atoms in total. The molecule has 0 radical (unpaired) electrons. The summed E-state index contributed by atoms with van der Waals surface area (Å²) in [6, 6.07) is 0.676. The Kier molecular flexibility index (Phi) is 3.33. The van der Waals surface area contributed by atoms with E-state index in [9.17, 15) is 0 Å². The fourth-order valence-corrected chi connectivity index (χ4v) is 3.80. The van der Waals surface area contributed by atoms with Crippen LogP contribution in [0.15, 0.2) is 0 Å². The van der Waals surface area contributed by atoms with Crippen LogP contribution < -0.4 is 10.6 Å². The zero-order chi connectivity index (χ0) is 13.4. The lowest BCUT2D eigenvalue weighted by Gasteiger charge is -2.31. The highest BCUT2D eigenvalue weighted by atomic mass is 15.2. The van der Waals surface area contributed by atoms with Gasteiger partial charge in [0.2, 0.25) is 0 Å². The Morgan fingerprint density at radius 3 is 2.53 bits per heavy atom. The maximum absolute atomic E-state index is 6.01. The number of hydrogen-bond donors (Lipinski definition) is 1. The molecule has 1 aromatic rings. The molecular formula is C15H24N4. The topological polar surface area (TPSA) is 55.0 Å². The van der Waals surface area contributed by atoms with Crippen molar-refractivity contribution in [3.05, 3.63) is 11.4 Å². The lowest BCUT2D eigenvalue weighted by molar-refractivity contribution is 0.428. The van der Waals surface area contributed by atoms with Crippen molar-refractivity contribution in [2.45, 2.75) is 58.4 Å². The highest BCUT2D eigenvalue weighted by molar-refractivity contribution is 5.57. The number of nitrogen functional groups attached to an aromatic ring is 1. The van der Waals surface area contributed by atoms with Gasteiger partial charge in [0.05, 0.1) is 0 Å². The van der Waals surface area contributed by atoms with Crippen LogP contribution >= 0.6 is 0 Å². The summed E-state index contributed by atoms with van der Waals surface area (Å²) in [6.45, 7) is 5.10. The second-order valence-electron chi connectivity index (χ2n) is 6.05. The van der Waals surface area contributed by atoms with E-state index in [1.165, 1.54) is 38.5 Å². The SMILES string of the molecule is Cc1nc(N)c(C)c(N2CCCC2C2CCCC2)n1. The minimum absolute atomic E-state index is 0.638. The first-order valence-corrected chi connectivity index (χ1v) is 7.54. The third-order valence-corrected chi connectivity index (χ3v) is 4.78. The van der Waals surface area contributed by atoms with Gasteiger partial charge in [0, 0.05) is 18.2 Å². The molecule has 3 rings (SSSR count). The molecule has 1 aliphatic heterocycles. The number of aryl methyl sites for hydroxylation is 1. The molecule has 2 heterocycles. The molecule has 2 N–H and O–H groups in total. The van der Waals surface area contributed by atoms with E-state index in [-0.39, 0.29) is 0 Å². The molecule has 1 aliphatic carbocycles. The van der Waals surface area contributed by atoms with E-state index in [0.29, 0.717) is 11.9 Å². The van der Waals surface area contributed by atoms with Crippen molar-refractivity contribution < 1.29 is 0 Å². The van der Waals surface area contributed by atoms with Crippen LogP contribution in [0.2, 0.25) is 0 Å². The van der Waals surface area contributed by atoms with Gasteiger partial charge < -0.3 is 10.6 Å². The van der Waals surface area contributed by atoms with Crippen molar-refractivity contribution in [1.82, 2.24) is 9.97 Å². The molecule has 0 bridgehead atoms. The lowest BCUT2D eigenvalue weighted by atomic mass is 9.96. The van der Waals surface area contributed by atoms with Crippen LogP contribution in [0, 0.1) is 19.8 Å². The summed E-state index contributed by atoms with van der Waals surface area (Å²) < 4.78 is 0. The van der Waals surface area contributed by atoms with Gasteiger partial charge in [-0.05, 0) is 45.4 Å². The zero-order valence-electron chi connectivity index (χ0n) is 12.0. The summed E-state index contributed by atoms with van der Waals surface area (Å²) in [7, 11) is 0. The Bertz CT molecular complexity index is 465. The number of nitrogens with zero attached hydrogens (tertiary/aromatic N) is 3. The maximum atomic E-state index is 6.01. The summed E-state index contributed by atoms with van der Waals surface area (Å²) in [4.78, 5) is 11.5. The molecule has 1 saturated carbocycles. The van der Waals surface area contributed by atoms with E-state index in [2.05, 4.69) is 14.9 Å². The quantitative estimate of drug-likeness (QED) is 0.888. The highest BCUT2D eigenvalue weighted by Crippen LogP contribution is 2.38. The van der Waals surface area contributed by atoms with Gasteiger partial charge >= 0.3 is 0 Å². The number of hydrogen-bond acceptors (Lipinski definition) is 4. The Morgan fingerprint density at radius 2 is 1.79 bits per heavy atom. The van der Waals surface area contributed by atoms with Gasteiger partial charge in [-0.1, -0.05) is 12.8 Å². The molecule has 2 fully saturated rings. The van der Waals surface area contributed by atoms with E-state index in [1.54, 1.807) is 0 Å². The van der Waals surface area contributed by atoms with Crippen molar-refractivity contribution in [1.29, 1.82) is 0 Å². The average Bonchev–Trinajstić information content (AvgIpc) is 3.02. The fourth-order valence-electron chi connectivity index (χ4n) is 3.80. The Balaban J connectivity index is 1.91.